The van der Waals surface area contributed by atoms with E-state index in [9.17, 15) is 14.9 Å². The number of hydrogen-bond donors (Lipinski definition) is 0. The van der Waals surface area contributed by atoms with Gasteiger partial charge in [-0.1, -0.05) is 12.1 Å². The predicted octanol–water partition coefficient (Wildman–Crippen LogP) is 1.80. The van der Waals surface area contributed by atoms with Gasteiger partial charge in [0.2, 0.25) is 0 Å². The van der Waals surface area contributed by atoms with Gasteiger partial charge in [0.05, 0.1) is 4.92 Å². The minimum absolute atomic E-state index is 0.127. The van der Waals surface area contributed by atoms with Crippen LogP contribution in [0.2, 0.25) is 0 Å². The molecule has 5 heteroatoms. The summed E-state index contributed by atoms with van der Waals surface area (Å²) < 4.78 is 0. The Bertz CT molecular complexity index is 432. The van der Waals surface area contributed by atoms with E-state index in [0.717, 1.165) is 31.6 Å². The molecule has 1 saturated heterocycles. The summed E-state index contributed by atoms with van der Waals surface area (Å²) in [5.74, 6) is 0.349. The van der Waals surface area contributed by atoms with Gasteiger partial charge in [-0.2, -0.15) is 0 Å². The zero-order valence-electron chi connectivity index (χ0n) is 10.2. The summed E-state index contributed by atoms with van der Waals surface area (Å²) in [5.41, 5.74) is 1.22. The summed E-state index contributed by atoms with van der Waals surface area (Å²) in [7, 11) is 0. The SMILES string of the molecule is O=C1CCN(CCc2ccc([N+](=O)[O-])cc2)CC1. The first kappa shape index (κ1) is 12.7. The zero-order chi connectivity index (χ0) is 13.0. The van der Waals surface area contributed by atoms with E-state index >= 15 is 0 Å². The number of likely N-dealkylation sites (tertiary alicyclic amines) is 1. The van der Waals surface area contributed by atoms with Gasteiger partial charge in [-0.3, -0.25) is 14.9 Å². The van der Waals surface area contributed by atoms with Gasteiger partial charge in [-0.15, -0.1) is 0 Å². The van der Waals surface area contributed by atoms with E-state index in [1.54, 1.807) is 12.1 Å². The van der Waals surface area contributed by atoms with Crippen molar-refractivity contribution in [3.8, 4) is 0 Å². The molecule has 1 aromatic rings. The second-order valence-electron chi connectivity index (χ2n) is 4.55. The van der Waals surface area contributed by atoms with Gasteiger partial charge in [0.25, 0.3) is 5.69 Å². The van der Waals surface area contributed by atoms with Crippen LogP contribution in [0.1, 0.15) is 18.4 Å². The molecular weight excluding hydrogens is 232 g/mol. The summed E-state index contributed by atoms with van der Waals surface area (Å²) in [6.07, 6.45) is 2.17. The number of Topliss-reactive ketones (excluding diaryl/α,β-unsaturated/α-hetero) is 1. The Morgan fingerprint density at radius 2 is 1.78 bits per heavy atom. The van der Waals surface area contributed by atoms with Crippen molar-refractivity contribution >= 4 is 11.5 Å². The number of nitro benzene ring substituents is 1. The maximum absolute atomic E-state index is 11.1. The van der Waals surface area contributed by atoms with Crippen LogP contribution < -0.4 is 0 Å². The van der Waals surface area contributed by atoms with Crippen molar-refractivity contribution in [2.45, 2.75) is 19.3 Å². The summed E-state index contributed by atoms with van der Waals surface area (Å²) in [6, 6.07) is 6.67. The van der Waals surface area contributed by atoms with Crippen LogP contribution in [0, 0.1) is 10.1 Å². The molecule has 96 valence electrons. The van der Waals surface area contributed by atoms with Crippen molar-refractivity contribution in [3.05, 3.63) is 39.9 Å². The molecule has 0 radical (unpaired) electrons. The minimum atomic E-state index is -0.389. The number of benzene rings is 1. The third kappa shape index (κ3) is 3.37. The van der Waals surface area contributed by atoms with E-state index in [1.807, 2.05) is 0 Å². The van der Waals surface area contributed by atoms with Crippen molar-refractivity contribution in [2.24, 2.45) is 0 Å². The highest BCUT2D eigenvalue weighted by molar-refractivity contribution is 5.79. The smallest absolute Gasteiger partial charge is 0.269 e. The third-order valence-electron chi connectivity index (χ3n) is 3.28. The fourth-order valence-electron chi connectivity index (χ4n) is 2.10. The van der Waals surface area contributed by atoms with Crippen LogP contribution >= 0.6 is 0 Å². The fraction of sp³-hybridized carbons (Fsp3) is 0.462. The molecule has 18 heavy (non-hydrogen) atoms. The van der Waals surface area contributed by atoms with Crippen LogP contribution in [-0.2, 0) is 11.2 Å². The Kier molecular flexibility index (Phi) is 4.04. The third-order valence-corrected chi connectivity index (χ3v) is 3.28. The minimum Gasteiger partial charge on any atom is -0.302 e. The van der Waals surface area contributed by atoms with Crippen LogP contribution in [0.5, 0.6) is 0 Å². The van der Waals surface area contributed by atoms with Crippen molar-refractivity contribution in [1.29, 1.82) is 0 Å². The summed E-state index contributed by atoms with van der Waals surface area (Å²) in [5, 5.41) is 10.5. The topological polar surface area (TPSA) is 63.5 Å². The highest BCUT2D eigenvalue weighted by Gasteiger charge is 2.15. The molecule has 1 heterocycles. The van der Waals surface area contributed by atoms with E-state index in [2.05, 4.69) is 4.90 Å². The van der Waals surface area contributed by atoms with Gasteiger partial charge >= 0.3 is 0 Å². The second-order valence-corrected chi connectivity index (χ2v) is 4.55. The van der Waals surface area contributed by atoms with Crippen molar-refractivity contribution in [3.63, 3.8) is 0 Å². The quantitative estimate of drug-likeness (QED) is 0.602. The van der Waals surface area contributed by atoms with Gasteiger partial charge in [0.15, 0.2) is 0 Å². The molecule has 0 atom stereocenters. The Hall–Kier alpha value is -1.75. The summed E-state index contributed by atoms with van der Waals surface area (Å²) in [4.78, 5) is 23.5. The van der Waals surface area contributed by atoms with E-state index in [0.29, 0.717) is 18.6 Å². The van der Waals surface area contributed by atoms with Gasteiger partial charge in [-0.05, 0) is 12.0 Å². The van der Waals surface area contributed by atoms with Crippen molar-refractivity contribution in [1.82, 2.24) is 4.90 Å². The van der Waals surface area contributed by atoms with Crippen LogP contribution in [0.3, 0.4) is 0 Å². The largest absolute Gasteiger partial charge is 0.302 e. The average molecular weight is 248 g/mol. The molecule has 0 bridgehead atoms. The van der Waals surface area contributed by atoms with Crippen molar-refractivity contribution < 1.29 is 9.72 Å². The number of nitro groups is 1. The van der Waals surface area contributed by atoms with Crippen LogP contribution in [0.25, 0.3) is 0 Å². The molecule has 0 aliphatic carbocycles. The lowest BCUT2D eigenvalue weighted by Gasteiger charge is -2.25. The maximum atomic E-state index is 11.1. The average Bonchev–Trinajstić information content (AvgIpc) is 2.38. The summed E-state index contributed by atoms with van der Waals surface area (Å²) >= 11 is 0. The van der Waals surface area contributed by atoms with Gasteiger partial charge in [-0.25, -0.2) is 0 Å². The maximum Gasteiger partial charge on any atom is 0.269 e. The molecule has 0 N–H and O–H groups in total. The molecule has 0 aromatic heterocycles. The molecule has 2 rings (SSSR count). The standard InChI is InChI=1S/C13H16N2O3/c16-13-6-9-14(10-7-13)8-5-11-1-3-12(4-2-11)15(17)18/h1-4H,5-10H2. The highest BCUT2D eigenvalue weighted by atomic mass is 16.6. The van der Waals surface area contributed by atoms with Gasteiger partial charge < -0.3 is 4.90 Å². The van der Waals surface area contributed by atoms with Crippen LogP contribution in [0.4, 0.5) is 5.69 Å². The van der Waals surface area contributed by atoms with E-state index in [-0.39, 0.29) is 10.6 Å². The lowest BCUT2D eigenvalue weighted by Crippen LogP contribution is -2.35. The molecule has 0 saturated carbocycles. The lowest BCUT2D eigenvalue weighted by molar-refractivity contribution is -0.384. The number of ketones is 1. The monoisotopic (exact) mass is 248 g/mol. The molecular formula is C13H16N2O3. The summed E-state index contributed by atoms with van der Waals surface area (Å²) in [6.45, 7) is 2.59. The first-order chi connectivity index (χ1) is 8.65. The molecule has 1 aliphatic heterocycles. The van der Waals surface area contributed by atoms with Crippen LogP contribution in [0.15, 0.2) is 24.3 Å². The number of hydrogen-bond acceptors (Lipinski definition) is 4. The van der Waals surface area contributed by atoms with Crippen LogP contribution in [-0.4, -0.2) is 35.2 Å². The second kappa shape index (κ2) is 5.73. The predicted molar refractivity (Wildman–Crippen MR) is 67.5 cm³/mol. The molecule has 1 aliphatic rings. The number of carbonyl (C=O) groups excluding carboxylic acids is 1. The number of piperidine rings is 1. The molecule has 0 amide bonds. The Balaban J connectivity index is 1.83. The normalized spacial score (nSPS) is 16.8. The Morgan fingerprint density at radius 1 is 1.17 bits per heavy atom. The molecule has 5 nitrogen and oxygen atoms in total. The van der Waals surface area contributed by atoms with Crippen molar-refractivity contribution in [2.75, 3.05) is 19.6 Å². The fourth-order valence-corrected chi connectivity index (χ4v) is 2.10. The van der Waals surface area contributed by atoms with E-state index < -0.39 is 0 Å². The molecule has 1 fully saturated rings. The zero-order valence-corrected chi connectivity index (χ0v) is 10.2. The Labute approximate surface area is 106 Å². The van der Waals surface area contributed by atoms with E-state index in [1.165, 1.54) is 12.1 Å². The lowest BCUT2D eigenvalue weighted by atomic mass is 10.1. The van der Waals surface area contributed by atoms with E-state index in [4.69, 9.17) is 0 Å². The van der Waals surface area contributed by atoms with Gasteiger partial charge in [0.1, 0.15) is 5.78 Å². The highest BCUT2D eigenvalue weighted by Crippen LogP contribution is 2.13. The number of nitrogens with zero attached hydrogens (tertiary/aromatic N) is 2. The molecule has 0 spiro atoms. The van der Waals surface area contributed by atoms with Gasteiger partial charge in [0, 0.05) is 44.6 Å². The Morgan fingerprint density at radius 3 is 2.33 bits per heavy atom. The first-order valence-electron chi connectivity index (χ1n) is 6.12. The number of non-ortho nitro benzene ring substituents is 1. The number of carbonyl (C=O) groups is 1. The molecule has 1 aromatic carbocycles. The molecule has 0 unspecified atom stereocenters. The first-order valence-corrected chi connectivity index (χ1v) is 6.12. The number of rotatable bonds is 4.